The molecule has 0 spiro atoms. The van der Waals surface area contributed by atoms with Gasteiger partial charge in [0.2, 0.25) is 5.75 Å². The molecule has 1 heterocycles. The fourth-order valence-corrected chi connectivity index (χ4v) is 3.80. The molecule has 0 atom stereocenters. The van der Waals surface area contributed by atoms with Gasteiger partial charge in [-0.3, -0.25) is 4.79 Å². The lowest BCUT2D eigenvalue weighted by Gasteiger charge is -2.17. The molecule has 32 heavy (non-hydrogen) atoms. The van der Waals surface area contributed by atoms with Gasteiger partial charge in [0, 0.05) is 25.1 Å². The quantitative estimate of drug-likeness (QED) is 0.331. The summed E-state index contributed by atoms with van der Waals surface area (Å²) in [7, 11) is 0. The summed E-state index contributed by atoms with van der Waals surface area (Å²) in [5, 5.41) is 12.5. The number of hydrogen-bond acceptors (Lipinski definition) is 7. The molecule has 8 nitrogen and oxygen atoms in total. The molecule has 1 amide bonds. The van der Waals surface area contributed by atoms with Crippen LogP contribution in [0.5, 0.6) is 17.2 Å². The molecule has 1 N–H and O–H groups in total. The largest absolute Gasteiger partial charge is 0.490 e. The second kappa shape index (κ2) is 13.2. The highest BCUT2D eigenvalue weighted by molar-refractivity contribution is 7.98. The Balaban J connectivity index is 2.04. The first-order chi connectivity index (χ1) is 15.4. The predicted octanol–water partition coefficient (Wildman–Crippen LogP) is 4.21. The van der Waals surface area contributed by atoms with Crippen LogP contribution < -0.4 is 19.5 Å². The first-order valence-electron chi connectivity index (χ1n) is 11.3. The summed E-state index contributed by atoms with van der Waals surface area (Å²) in [6, 6.07) is 3.41. The van der Waals surface area contributed by atoms with Crippen molar-refractivity contribution in [2.75, 3.05) is 32.6 Å². The van der Waals surface area contributed by atoms with Crippen LogP contribution in [0.1, 0.15) is 57.2 Å². The van der Waals surface area contributed by atoms with Gasteiger partial charge in [0.15, 0.2) is 16.7 Å². The van der Waals surface area contributed by atoms with E-state index in [4.69, 9.17) is 14.2 Å². The number of ether oxygens (including phenoxy) is 3. The van der Waals surface area contributed by atoms with Crippen molar-refractivity contribution in [2.24, 2.45) is 5.92 Å². The lowest BCUT2D eigenvalue weighted by atomic mass is 10.1. The van der Waals surface area contributed by atoms with Gasteiger partial charge in [-0.2, -0.15) is 0 Å². The summed E-state index contributed by atoms with van der Waals surface area (Å²) in [4.78, 5) is 12.8. The van der Waals surface area contributed by atoms with E-state index >= 15 is 0 Å². The van der Waals surface area contributed by atoms with E-state index in [1.165, 1.54) is 0 Å². The maximum atomic E-state index is 12.8. The number of carbonyl (C=O) groups is 1. The zero-order chi connectivity index (χ0) is 23.5. The van der Waals surface area contributed by atoms with Crippen LogP contribution in [0.2, 0.25) is 0 Å². The normalized spacial score (nSPS) is 11.0. The smallest absolute Gasteiger partial charge is 0.251 e. The Morgan fingerprint density at radius 3 is 2.22 bits per heavy atom. The Morgan fingerprint density at radius 1 is 1.06 bits per heavy atom. The summed E-state index contributed by atoms with van der Waals surface area (Å²) >= 11 is 1.60. The summed E-state index contributed by atoms with van der Waals surface area (Å²) in [6.45, 7) is 12.9. The number of rotatable bonds is 14. The van der Waals surface area contributed by atoms with Crippen molar-refractivity contribution in [1.82, 2.24) is 20.1 Å². The Morgan fingerprint density at radius 2 is 1.69 bits per heavy atom. The maximum absolute atomic E-state index is 12.8. The zero-order valence-electron chi connectivity index (χ0n) is 20.1. The minimum absolute atomic E-state index is 0.177. The average molecular weight is 465 g/mol. The van der Waals surface area contributed by atoms with Crippen molar-refractivity contribution >= 4 is 17.7 Å². The second-order valence-electron chi connectivity index (χ2n) is 7.57. The van der Waals surface area contributed by atoms with E-state index in [2.05, 4.69) is 33.9 Å². The van der Waals surface area contributed by atoms with E-state index in [9.17, 15) is 4.79 Å². The van der Waals surface area contributed by atoms with Crippen LogP contribution in [0.4, 0.5) is 0 Å². The molecule has 0 aliphatic rings. The van der Waals surface area contributed by atoms with Gasteiger partial charge in [-0.15, -0.1) is 10.2 Å². The molecule has 0 fully saturated rings. The monoisotopic (exact) mass is 464 g/mol. The molecule has 178 valence electrons. The predicted molar refractivity (Wildman–Crippen MR) is 127 cm³/mol. The van der Waals surface area contributed by atoms with Gasteiger partial charge in [0.1, 0.15) is 5.82 Å². The van der Waals surface area contributed by atoms with Gasteiger partial charge in [-0.1, -0.05) is 25.6 Å². The van der Waals surface area contributed by atoms with E-state index in [0.29, 0.717) is 55.1 Å². The van der Waals surface area contributed by atoms with Crippen molar-refractivity contribution in [1.29, 1.82) is 0 Å². The van der Waals surface area contributed by atoms with E-state index < -0.39 is 0 Å². The fraction of sp³-hybridized carbons (Fsp3) is 0.609. The van der Waals surface area contributed by atoms with E-state index in [0.717, 1.165) is 30.4 Å². The number of benzene rings is 1. The molecule has 0 bridgehead atoms. The SMILES string of the molecule is CCOc1cc(C(=O)NCCCc2nnc(SC)n2CC(C)C)cc(OCC)c1OCC. The van der Waals surface area contributed by atoms with Crippen molar-refractivity contribution in [2.45, 2.75) is 59.2 Å². The van der Waals surface area contributed by atoms with Gasteiger partial charge in [-0.05, 0) is 51.5 Å². The van der Waals surface area contributed by atoms with Gasteiger partial charge >= 0.3 is 0 Å². The lowest BCUT2D eigenvalue weighted by Crippen LogP contribution is -2.25. The van der Waals surface area contributed by atoms with Crippen LogP contribution in [0.25, 0.3) is 0 Å². The summed E-state index contributed by atoms with van der Waals surface area (Å²) in [5.41, 5.74) is 0.480. The van der Waals surface area contributed by atoms with Crippen molar-refractivity contribution < 1.29 is 19.0 Å². The van der Waals surface area contributed by atoms with Crippen LogP contribution in [0.15, 0.2) is 17.3 Å². The summed E-state index contributed by atoms with van der Waals surface area (Å²) in [5.74, 6) is 2.84. The molecule has 2 aromatic rings. The topological polar surface area (TPSA) is 87.5 Å². The lowest BCUT2D eigenvalue weighted by molar-refractivity contribution is 0.0952. The molecule has 0 saturated carbocycles. The number of aromatic nitrogens is 3. The molecule has 0 unspecified atom stereocenters. The molecule has 2 rings (SSSR count). The number of nitrogens with one attached hydrogen (secondary N) is 1. The Kier molecular flexibility index (Phi) is 10.7. The highest BCUT2D eigenvalue weighted by Gasteiger charge is 2.18. The van der Waals surface area contributed by atoms with Gasteiger partial charge < -0.3 is 24.1 Å². The molecule has 0 radical (unpaired) electrons. The first kappa shape index (κ1) is 25.8. The van der Waals surface area contributed by atoms with Gasteiger partial charge in [0.25, 0.3) is 5.91 Å². The van der Waals surface area contributed by atoms with Crippen molar-refractivity contribution in [3.63, 3.8) is 0 Å². The van der Waals surface area contributed by atoms with Crippen molar-refractivity contribution in [3.8, 4) is 17.2 Å². The Bertz CT molecular complexity index is 843. The zero-order valence-corrected chi connectivity index (χ0v) is 20.9. The van der Waals surface area contributed by atoms with Crippen LogP contribution in [0.3, 0.4) is 0 Å². The van der Waals surface area contributed by atoms with Crippen molar-refractivity contribution in [3.05, 3.63) is 23.5 Å². The number of hydrogen-bond donors (Lipinski definition) is 1. The van der Waals surface area contributed by atoms with Crippen LogP contribution >= 0.6 is 11.8 Å². The highest BCUT2D eigenvalue weighted by Crippen LogP contribution is 2.39. The minimum atomic E-state index is -0.177. The fourth-order valence-electron chi connectivity index (χ4n) is 3.27. The van der Waals surface area contributed by atoms with Crippen LogP contribution in [0, 0.1) is 5.92 Å². The summed E-state index contributed by atoms with van der Waals surface area (Å²) in [6.07, 6.45) is 3.52. The highest BCUT2D eigenvalue weighted by atomic mass is 32.2. The summed E-state index contributed by atoms with van der Waals surface area (Å²) < 4.78 is 19.3. The number of amides is 1. The minimum Gasteiger partial charge on any atom is -0.490 e. The van der Waals surface area contributed by atoms with Crippen LogP contribution in [-0.2, 0) is 13.0 Å². The maximum Gasteiger partial charge on any atom is 0.251 e. The van der Waals surface area contributed by atoms with E-state index in [1.807, 2.05) is 27.0 Å². The molecular formula is C23H36N4O4S. The first-order valence-corrected chi connectivity index (χ1v) is 12.5. The Labute approximate surface area is 195 Å². The molecule has 0 saturated heterocycles. The van der Waals surface area contributed by atoms with E-state index in [1.54, 1.807) is 23.9 Å². The van der Waals surface area contributed by atoms with Gasteiger partial charge in [-0.25, -0.2) is 0 Å². The van der Waals surface area contributed by atoms with Crippen LogP contribution in [-0.4, -0.2) is 53.3 Å². The standard InChI is InChI=1S/C23H36N4O4S/c1-7-29-18-13-17(14-19(30-8-2)21(18)31-9-3)22(28)24-12-10-11-20-25-26-23(32-6)27(20)15-16(4)5/h13-14,16H,7-12,15H2,1-6H3,(H,24,28). The molecule has 1 aromatic heterocycles. The molecule has 1 aromatic carbocycles. The van der Waals surface area contributed by atoms with E-state index in [-0.39, 0.29) is 5.91 Å². The number of carbonyl (C=O) groups excluding carboxylic acids is 1. The second-order valence-corrected chi connectivity index (χ2v) is 8.34. The molecule has 9 heteroatoms. The number of aryl methyl sites for hydroxylation is 1. The number of nitrogens with zero attached hydrogens (tertiary/aromatic N) is 3. The third kappa shape index (κ3) is 7.05. The van der Waals surface area contributed by atoms with Gasteiger partial charge in [0.05, 0.1) is 19.8 Å². The third-order valence-corrected chi connectivity index (χ3v) is 5.22. The molecular weight excluding hydrogens is 428 g/mol. The molecule has 0 aliphatic carbocycles. The number of thioether (sulfide) groups is 1. The average Bonchev–Trinajstić information content (AvgIpc) is 3.14. The third-order valence-electron chi connectivity index (χ3n) is 4.56. The molecule has 0 aliphatic heterocycles. The Hall–Kier alpha value is -2.42.